The first kappa shape index (κ1) is 12.7. The van der Waals surface area contributed by atoms with Crippen molar-refractivity contribution in [2.24, 2.45) is 0 Å². The molecule has 0 spiro atoms. The molecule has 0 fully saturated rings. The van der Waals surface area contributed by atoms with Gasteiger partial charge >= 0.3 is 5.97 Å². The fourth-order valence-electron chi connectivity index (χ4n) is 1.73. The summed E-state index contributed by atoms with van der Waals surface area (Å²) in [6.07, 6.45) is 1.04. The molecule has 7 nitrogen and oxygen atoms in total. The van der Waals surface area contributed by atoms with Crippen molar-refractivity contribution in [3.8, 4) is 0 Å². The van der Waals surface area contributed by atoms with Gasteiger partial charge in [-0.05, 0) is 13.0 Å². The first-order valence-corrected chi connectivity index (χ1v) is 5.51. The van der Waals surface area contributed by atoms with Crippen LogP contribution in [0.5, 0.6) is 0 Å². The number of benzene rings is 1. The van der Waals surface area contributed by atoms with Crippen LogP contribution in [0.3, 0.4) is 0 Å². The molecule has 1 aliphatic heterocycles. The maximum atomic E-state index is 11.7. The predicted molar refractivity (Wildman–Crippen MR) is 66.3 cm³/mol. The topological polar surface area (TPSA) is 98.5 Å². The number of amides is 1. The highest BCUT2D eigenvalue weighted by Gasteiger charge is 2.27. The summed E-state index contributed by atoms with van der Waals surface area (Å²) in [5, 5.41) is 13.2. The number of nitrogens with zero attached hydrogens (tertiary/aromatic N) is 1. The highest BCUT2D eigenvalue weighted by Crippen LogP contribution is 2.34. The summed E-state index contributed by atoms with van der Waals surface area (Å²) in [5.41, 5.74) is 0.681. The number of esters is 1. The zero-order valence-corrected chi connectivity index (χ0v) is 10.0. The summed E-state index contributed by atoms with van der Waals surface area (Å²) in [4.78, 5) is 33.2. The van der Waals surface area contributed by atoms with Crippen molar-refractivity contribution in [2.45, 2.75) is 6.92 Å². The van der Waals surface area contributed by atoms with Crippen LogP contribution >= 0.6 is 0 Å². The maximum absolute atomic E-state index is 11.7. The lowest BCUT2D eigenvalue weighted by Crippen LogP contribution is -2.07. The Bertz CT molecular complexity index is 606. The molecular weight excluding hydrogens is 252 g/mol. The van der Waals surface area contributed by atoms with Gasteiger partial charge in [-0.2, -0.15) is 0 Å². The molecule has 19 heavy (non-hydrogen) atoms. The van der Waals surface area contributed by atoms with E-state index in [0.29, 0.717) is 11.3 Å². The summed E-state index contributed by atoms with van der Waals surface area (Å²) >= 11 is 0. The van der Waals surface area contributed by atoms with Crippen LogP contribution in [-0.2, 0) is 14.3 Å². The van der Waals surface area contributed by atoms with Crippen LogP contribution < -0.4 is 5.32 Å². The molecule has 1 N–H and O–H groups in total. The van der Waals surface area contributed by atoms with Gasteiger partial charge in [0.15, 0.2) is 0 Å². The quantitative estimate of drug-likeness (QED) is 0.385. The molecule has 0 unspecified atom stereocenters. The number of nitrogens with one attached hydrogen (secondary N) is 1. The van der Waals surface area contributed by atoms with E-state index in [4.69, 9.17) is 4.74 Å². The Morgan fingerprint density at radius 3 is 2.89 bits per heavy atom. The third kappa shape index (κ3) is 2.44. The molecule has 0 atom stereocenters. The Morgan fingerprint density at radius 2 is 2.26 bits per heavy atom. The summed E-state index contributed by atoms with van der Waals surface area (Å²) in [6.45, 7) is 1.83. The van der Waals surface area contributed by atoms with Gasteiger partial charge < -0.3 is 10.1 Å². The number of fused-ring (bicyclic) bond motifs is 1. The molecule has 1 aromatic rings. The number of non-ortho nitro benzene ring substituents is 1. The first-order valence-electron chi connectivity index (χ1n) is 5.51. The van der Waals surface area contributed by atoms with Crippen LogP contribution in [0, 0.1) is 10.1 Å². The number of hydrogen-bond acceptors (Lipinski definition) is 5. The number of ether oxygens (including phenoxy) is 1. The van der Waals surface area contributed by atoms with E-state index in [9.17, 15) is 19.7 Å². The largest absolute Gasteiger partial charge is 0.463 e. The molecule has 0 aromatic heterocycles. The SMILES string of the molecule is CCOC(=O)/C=C1/C(=O)Nc2ccc([N+](=O)[O-])cc21. The minimum absolute atomic E-state index is 0.0668. The monoisotopic (exact) mass is 262 g/mol. The van der Waals surface area contributed by atoms with Gasteiger partial charge in [-0.15, -0.1) is 0 Å². The Hall–Kier alpha value is -2.70. The summed E-state index contributed by atoms with van der Waals surface area (Å²) in [6, 6.07) is 3.96. The molecule has 7 heteroatoms. The second kappa shape index (κ2) is 4.89. The lowest BCUT2D eigenvalue weighted by molar-refractivity contribution is -0.384. The smallest absolute Gasteiger partial charge is 0.331 e. The van der Waals surface area contributed by atoms with E-state index in [1.54, 1.807) is 6.92 Å². The predicted octanol–water partition coefficient (Wildman–Crippen LogP) is 1.49. The Balaban J connectivity index is 2.44. The first-order chi connectivity index (χ1) is 9.02. The lowest BCUT2D eigenvalue weighted by atomic mass is 10.1. The Labute approximate surface area is 108 Å². The number of carbonyl (C=O) groups excluding carboxylic acids is 2. The molecule has 0 bridgehead atoms. The van der Waals surface area contributed by atoms with Crippen molar-refractivity contribution in [3.63, 3.8) is 0 Å². The summed E-state index contributed by atoms with van der Waals surface area (Å²) in [5.74, 6) is -1.14. The van der Waals surface area contributed by atoms with Gasteiger partial charge in [-0.25, -0.2) is 4.79 Å². The fraction of sp³-hybridized carbons (Fsp3) is 0.167. The van der Waals surface area contributed by atoms with E-state index < -0.39 is 16.8 Å². The van der Waals surface area contributed by atoms with Crippen LogP contribution in [0.1, 0.15) is 12.5 Å². The van der Waals surface area contributed by atoms with E-state index in [-0.39, 0.29) is 17.9 Å². The van der Waals surface area contributed by atoms with Crippen molar-refractivity contribution in [1.29, 1.82) is 0 Å². The molecule has 0 saturated heterocycles. The zero-order valence-electron chi connectivity index (χ0n) is 10.0. The Kier molecular flexibility index (Phi) is 3.28. The third-order valence-electron chi connectivity index (χ3n) is 2.55. The second-order valence-corrected chi connectivity index (χ2v) is 3.75. The third-order valence-corrected chi connectivity index (χ3v) is 2.55. The molecule has 0 aliphatic carbocycles. The van der Waals surface area contributed by atoms with Crippen molar-refractivity contribution in [3.05, 3.63) is 40.0 Å². The van der Waals surface area contributed by atoms with Crippen LogP contribution in [-0.4, -0.2) is 23.4 Å². The fourth-order valence-corrected chi connectivity index (χ4v) is 1.73. The number of rotatable bonds is 3. The van der Waals surface area contributed by atoms with Gasteiger partial charge in [-0.3, -0.25) is 14.9 Å². The number of nitro groups is 1. The van der Waals surface area contributed by atoms with Gasteiger partial charge in [0.25, 0.3) is 11.6 Å². The number of nitro benzene ring substituents is 1. The average molecular weight is 262 g/mol. The van der Waals surface area contributed by atoms with Gasteiger partial charge in [0.1, 0.15) is 0 Å². The van der Waals surface area contributed by atoms with E-state index >= 15 is 0 Å². The van der Waals surface area contributed by atoms with E-state index in [0.717, 1.165) is 6.08 Å². The van der Waals surface area contributed by atoms with E-state index in [2.05, 4.69) is 5.32 Å². The van der Waals surface area contributed by atoms with Crippen molar-refractivity contribution < 1.29 is 19.2 Å². The average Bonchev–Trinajstić information content (AvgIpc) is 2.65. The number of hydrogen-bond donors (Lipinski definition) is 1. The standard InChI is InChI=1S/C12H10N2O5/c1-2-19-11(15)6-9-8-5-7(14(17)18)3-4-10(8)13-12(9)16/h3-6H,2H2,1H3,(H,13,16)/b9-6+. The lowest BCUT2D eigenvalue weighted by Gasteiger charge is -1.99. The minimum atomic E-state index is -0.660. The van der Waals surface area contributed by atoms with Crippen molar-refractivity contribution in [1.82, 2.24) is 0 Å². The highest BCUT2D eigenvalue weighted by molar-refractivity contribution is 6.33. The summed E-state index contributed by atoms with van der Waals surface area (Å²) < 4.78 is 4.72. The number of anilines is 1. The molecule has 0 saturated carbocycles. The van der Waals surface area contributed by atoms with Crippen LogP contribution in [0.25, 0.3) is 5.57 Å². The highest BCUT2D eigenvalue weighted by atomic mass is 16.6. The molecule has 1 amide bonds. The second-order valence-electron chi connectivity index (χ2n) is 3.75. The minimum Gasteiger partial charge on any atom is -0.463 e. The van der Waals surface area contributed by atoms with E-state index in [1.165, 1.54) is 18.2 Å². The zero-order chi connectivity index (χ0) is 14.0. The molecule has 1 aromatic carbocycles. The summed E-state index contributed by atoms with van der Waals surface area (Å²) in [7, 11) is 0. The molecule has 1 heterocycles. The molecule has 1 aliphatic rings. The molecular formula is C12H10N2O5. The molecule has 98 valence electrons. The number of carbonyl (C=O) groups is 2. The molecule has 0 radical (unpaired) electrons. The van der Waals surface area contributed by atoms with Crippen LogP contribution in [0.2, 0.25) is 0 Å². The van der Waals surface area contributed by atoms with Gasteiger partial charge in [0, 0.05) is 29.5 Å². The molecule has 2 rings (SSSR count). The normalized spacial score (nSPS) is 15.0. The van der Waals surface area contributed by atoms with Crippen LogP contribution in [0.4, 0.5) is 11.4 Å². The maximum Gasteiger partial charge on any atom is 0.331 e. The van der Waals surface area contributed by atoms with Crippen molar-refractivity contribution >= 4 is 28.8 Å². The van der Waals surface area contributed by atoms with E-state index in [1.807, 2.05) is 0 Å². The van der Waals surface area contributed by atoms with Gasteiger partial charge in [0.05, 0.1) is 17.1 Å². The Morgan fingerprint density at radius 1 is 1.53 bits per heavy atom. The van der Waals surface area contributed by atoms with Crippen LogP contribution in [0.15, 0.2) is 24.3 Å². The van der Waals surface area contributed by atoms with Gasteiger partial charge in [-0.1, -0.05) is 0 Å². The van der Waals surface area contributed by atoms with Crippen molar-refractivity contribution in [2.75, 3.05) is 11.9 Å². The van der Waals surface area contributed by atoms with Gasteiger partial charge in [0.2, 0.25) is 0 Å².